The molecule has 12 heteroatoms. The van der Waals surface area contributed by atoms with Crippen LogP contribution in [0.15, 0.2) is 73.1 Å². The lowest BCUT2D eigenvalue weighted by atomic mass is 10.1. The molecule has 0 spiro atoms. The van der Waals surface area contributed by atoms with Crippen molar-refractivity contribution in [2.75, 3.05) is 30.8 Å². The molecule has 0 saturated carbocycles. The molecular formula is C30H28ClFN8O2. The first-order chi connectivity index (χ1) is 20.4. The van der Waals surface area contributed by atoms with Crippen LogP contribution in [0.25, 0.3) is 22.4 Å². The van der Waals surface area contributed by atoms with Gasteiger partial charge in [-0.1, -0.05) is 23.7 Å². The number of benzene rings is 2. The molecule has 3 heterocycles. The third-order valence-corrected chi connectivity index (χ3v) is 6.58. The summed E-state index contributed by atoms with van der Waals surface area (Å²) in [6, 6.07) is 17.1. The van der Waals surface area contributed by atoms with Crippen LogP contribution >= 0.6 is 11.6 Å². The molecule has 0 saturated heterocycles. The Balaban J connectivity index is 1.52. The van der Waals surface area contributed by atoms with Gasteiger partial charge in [-0.05, 0) is 67.1 Å². The number of nitrogens with two attached hydrogens (primary N) is 1. The molecule has 5 aromatic rings. The monoisotopic (exact) mass is 586 g/mol. The van der Waals surface area contributed by atoms with Crippen LogP contribution in [0.4, 0.5) is 21.7 Å². The summed E-state index contributed by atoms with van der Waals surface area (Å²) in [5, 5.41) is 10.2. The van der Waals surface area contributed by atoms with E-state index in [-0.39, 0.29) is 17.3 Å². The first kappa shape index (κ1) is 28.7. The predicted molar refractivity (Wildman–Crippen MR) is 162 cm³/mol. The quantitative estimate of drug-likeness (QED) is 0.151. The van der Waals surface area contributed by atoms with Crippen LogP contribution < -0.4 is 26.4 Å². The number of carbonyl (C=O) groups is 1. The average molecular weight is 587 g/mol. The van der Waals surface area contributed by atoms with Gasteiger partial charge in [-0.2, -0.15) is 0 Å². The summed E-state index contributed by atoms with van der Waals surface area (Å²) in [6.45, 7) is 1.39. The fourth-order valence-electron chi connectivity index (χ4n) is 4.14. The second-order valence-electron chi connectivity index (χ2n) is 9.23. The molecule has 214 valence electrons. The summed E-state index contributed by atoms with van der Waals surface area (Å²) in [4.78, 5) is 30.9. The van der Waals surface area contributed by atoms with Crippen LogP contribution in [-0.2, 0) is 6.54 Å². The van der Waals surface area contributed by atoms with E-state index in [0.717, 1.165) is 11.3 Å². The summed E-state index contributed by atoms with van der Waals surface area (Å²) >= 11 is 6.18. The second-order valence-corrected chi connectivity index (χ2v) is 9.67. The van der Waals surface area contributed by atoms with Gasteiger partial charge in [-0.3, -0.25) is 9.78 Å². The Bertz CT molecular complexity index is 1720. The molecule has 0 unspecified atom stereocenters. The van der Waals surface area contributed by atoms with Gasteiger partial charge in [0, 0.05) is 30.5 Å². The number of fused-ring (bicyclic) bond motifs is 1. The van der Waals surface area contributed by atoms with Crippen molar-refractivity contribution >= 4 is 45.9 Å². The zero-order chi connectivity index (χ0) is 29.5. The Kier molecular flexibility index (Phi) is 9.00. The van der Waals surface area contributed by atoms with E-state index in [9.17, 15) is 9.18 Å². The number of nitrogens with zero attached hydrogens (tertiary/aromatic N) is 4. The van der Waals surface area contributed by atoms with E-state index in [1.807, 2.05) is 24.3 Å². The summed E-state index contributed by atoms with van der Waals surface area (Å²) in [5.74, 6) is 0.873. The Morgan fingerprint density at radius 1 is 1.05 bits per heavy atom. The minimum absolute atomic E-state index is 0.0767. The van der Waals surface area contributed by atoms with Crippen molar-refractivity contribution in [2.24, 2.45) is 5.73 Å². The van der Waals surface area contributed by atoms with Crippen molar-refractivity contribution in [3.63, 3.8) is 0 Å². The lowest BCUT2D eigenvalue weighted by Gasteiger charge is -2.15. The first-order valence-corrected chi connectivity index (χ1v) is 13.5. The molecule has 42 heavy (non-hydrogen) atoms. The summed E-state index contributed by atoms with van der Waals surface area (Å²) < 4.78 is 20.1. The predicted octanol–water partition coefficient (Wildman–Crippen LogP) is 5.32. The number of pyridine rings is 2. The van der Waals surface area contributed by atoms with Gasteiger partial charge in [-0.15, -0.1) is 0 Å². The molecule has 0 radical (unpaired) electrons. The largest absolute Gasteiger partial charge is 0.497 e. The zero-order valence-electron chi connectivity index (χ0n) is 22.7. The van der Waals surface area contributed by atoms with Crippen molar-refractivity contribution in [2.45, 2.75) is 13.0 Å². The zero-order valence-corrected chi connectivity index (χ0v) is 23.5. The van der Waals surface area contributed by atoms with Gasteiger partial charge in [0.25, 0.3) is 5.91 Å². The maximum Gasteiger partial charge on any atom is 0.254 e. The van der Waals surface area contributed by atoms with E-state index < -0.39 is 5.82 Å². The lowest BCUT2D eigenvalue weighted by molar-refractivity contribution is 0.0954. The van der Waals surface area contributed by atoms with E-state index in [2.05, 4.69) is 35.9 Å². The number of hydrogen-bond acceptors (Lipinski definition) is 9. The second kappa shape index (κ2) is 13.2. The Hall–Kier alpha value is -4.87. The van der Waals surface area contributed by atoms with E-state index in [1.165, 1.54) is 24.4 Å². The highest BCUT2D eigenvalue weighted by molar-refractivity contribution is 6.30. The third kappa shape index (κ3) is 6.70. The van der Waals surface area contributed by atoms with Crippen LogP contribution in [0, 0.1) is 5.82 Å². The number of rotatable bonds is 11. The van der Waals surface area contributed by atoms with Crippen molar-refractivity contribution < 1.29 is 13.9 Å². The van der Waals surface area contributed by atoms with Crippen molar-refractivity contribution in [1.29, 1.82) is 0 Å². The van der Waals surface area contributed by atoms with Crippen LogP contribution in [0.2, 0.25) is 5.02 Å². The molecule has 0 aliphatic heterocycles. The number of hydrogen-bond donors (Lipinski definition) is 4. The van der Waals surface area contributed by atoms with Crippen molar-refractivity contribution in [1.82, 2.24) is 25.3 Å². The van der Waals surface area contributed by atoms with Crippen LogP contribution in [0.3, 0.4) is 0 Å². The number of aromatic nitrogens is 4. The van der Waals surface area contributed by atoms with Gasteiger partial charge in [0.1, 0.15) is 23.2 Å². The van der Waals surface area contributed by atoms with Crippen LogP contribution in [0.5, 0.6) is 5.75 Å². The fourth-order valence-corrected chi connectivity index (χ4v) is 4.31. The number of anilines is 3. The molecule has 0 bridgehead atoms. The molecule has 0 atom stereocenters. The topological polar surface area (TPSA) is 140 Å². The van der Waals surface area contributed by atoms with Crippen LogP contribution in [0.1, 0.15) is 22.3 Å². The standard InChI is InChI=1S/C30H28ClFN8O2/c1-42-20-6-3-18(4-7-20)16-36-26-10-8-21-27(37-25-11-14-34-17-23(25)30(41)35-13-2-12-33)39-29(40-28(21)38-26)22-15-19(31)5-9-24(22)32/h3-11,14-15,17H,2,12-13,16,33H2,1H3,(H,35,41)(H2,34,36,37,38,39,40). The van der Waals surface area contributed by atoms with Crippen LogP contribution in [-0.4, -0.2) is 46.0 Å². The summed E-state index contributed by atoms with van der Waals surface area (Å²) in [5.41, 5.74) is 7.76. The van der Waals surface area contributed by atoms with Crippen molar-refractivity contribution in [3.8, 4) is 17.1 Å². The summed E-state index contributed by atoms with van der Waals surface area (Å²) in [7, 11) is 1.62. The van der Waals surface area contributed by atoms with Gasteiger partial charge >= 0.3 is 0 Å². The molecule has 5 rings (SSSR count). The number of halogens is 2. The van der Waals surface area contributed by atoms with Gasteiger partial charge < -0.3 is 26.4 Å². The Morgan fingerprint density at radius 3 is 2.67 bits per heavy atom. The maximum atomic E-state index is 14.9. The number of carbonyl (C=O) groups excluding carboxylic acids is 1. The van der Waals surface area contributed by atoms with E-state index >= 15 is 0 Å². The molecule has 3 aromatic heterocycles. The molecule has 1 amide bonds. The van der Waals surface area contributed by atoms with Gasteiger partial charge in [0.15, 0.2) is 11.5 Å². The Labute approximate surface area is 246 Å². The fraction of sp³-hybridized carbons (Fsp3) is 0.167. The SMILES string of the molecule is COc1ccc(CNc2ccc3c(Nc4ccncc4C(=O)NCCCN)nc(-c4cc(Cl)ccc4F)nc3n2)cc1. The van der Waals surface area contributed by atoms with Gasteiger partial charge in [-0.25, -0.2) is 19.3 Å². The molecule has 0 aliphatic carbocycles. The highest BCUT2D eigenvalue weighted by atomic mass is 35.5. The molecular weight excluding hydrogens is 559 g/mol. The minimum Gasteiger partial charge on any atom is -0.497 e. The van der Waals surface area contributed by atoms with E-state index in [4.69, 9.17) is 22.1 Å². The van der Waals surface area contributed by atoms with Gasteiger partial charge in [0.05, 0.1) is 29.3 Å². The smallest absolute Gasteiger partial charge is 0.254 e. The van der Waals surface area contributed by atoms with Gasteiger partial charge in [0.2, 0.25) is 0 Å². The highest BCUT2D eigenvalue weighted by Gasteiger charge is 2.18. The maximum absolute atomic E-state index is 14.9. The number of amides is 1. The number of ether oxygens (including phenoxy) is 1. The van der Waals surface area contributed by atoms with E-state index in [1.54, 1.807) is 31.5 Å². The third-order valence-electron chi connectivity index (χ3n) is 6.35. The first-order valence-electron chi connectivity index (χ1n) is 13.2. The van der Waals surface area contributed by atoms with Crippen molar-refractivity contribution in [3.05, 3.63) is 95.0 Å². The average Bonchev–Trinajstić information content (AvgIpc) is 3.01. The number of nitrogens with one attached hydrogen (secondary N) is 3. The highest BCUT2D eigenvalue weighted by Crippen LogP contribution is 2.31. The lowest BCUT2D eigenvalue weighted by Crippen LogP contribution is -2.26. The molecule has 5 N–H and O–H groups in total. The molecule has 2 aromatic carbocycles. The molecule has 0 aliphatic rings. The summed E-state index contributed by atoms with van der Waals surface area (Å²) in [6.07, 6.45) is 3.65. The normalized spacial score (nSPS) is 10.9. The molecule has 10 nitrogen and oxygen atoms in total. The Morgan fingerprint density at radius 2 is 1.88 bits per heavy atom. The number of methoxy groups -OCH3 is 1. The molecule has 0 fully saturated rings. The minimum atomic E-state index is -0.539. The van der Waals surface area contributed by atoms with E-state index in [0.29, 0.717) is 65.0 Å².